The first-order valence-electron chi connectivity index (χ1n) is 7.96. The van der Waals surface area contributed by atoms with Crippen molar-refractivity contribution in [3.8, 4) is 0 Å². The number of thiophene rings is 1. The van der Waals surface area contributed by atoms with Crippen LogP contribution in [0.25, 0.3) is 10.2 Å². The van der Waals surface area contributed by atoms with Gasteiger partial charge < -0.3 is 4.90 Å². The summed E-state index contributed by atoms with van der Waals surface area (Å²) in [4.78, 5) is 23.3. The van der Waals surface area contributed by atoms with Gasteiger partial charge in [-0.1, -0.05) is 47.6 Å². The molecule has 0 saturated heterocycles. The number of amides is 1. The van der Waals surface area contributed by atoms with Gasteiger partial charge in [-0.2, -0.15) is 0 Å². The molecule has 25 heavy (non-hydrogen) atoms. The molecule has 4 nitrogen and oxygen atoms in total. The Hall–Kier alpha value is -1.63. The summed E-state index contributed by atoms with van der Waals surface area (Å²) in [5.41, 5.74) is 4.33. The van der Waals surface area contributed by atoms with E-state index in [1.54, 1.807) is 6.33 Å². The van der Waals surface area contributed by atoms with Gasteiger partial charge in [-0.3, -0.25) is 4.79 Å². The largest absolute Gasteiger partial charge is 0.331 e. The number of thioether (sulfide) groups is 1. The standard InChI is InChI=1S/C18H16ClN3OS2/c1-10-15-16(25-17(10)19)18(21-9-20-15)24-8-14(23)22-7-12-5-3-4-6-13(12)11(22)2/h3-6,9,11H,7-8H2,1-2H3. The molecule has 2 aromatic heterocycles. The van der Waals surface area contributed by atoms with Crippen LogP contribution in [0.2, 0.25) is 4.34 Å². The Balaban J connectivity index is 1.51. The Morgan fingerprint density at radius 2 is 2.20 bits per heavy atom. The first kappa shape index (κ1) is 16.8. The zero-order chi connectivity index (χ0) is 17.6. The Bertz CT molecular complexity index is 972. The molecule has 0 N–H and O–H groups in total. The molecule has 1 aromatic carbocycles. The summed E-state index contributed by atoms with van der Waals surface area (Å²) in [5.74, 6) is 0.485. The van der Waals surface area contributed by atoms with E-state index in [1.165, 1.54) is 34.2 Å². The summed E-state index contributed by atoms with van der Waals surface area (Å²) in [6, 6.07) is 8.36. The van der Waals surface area contributed by atoms with Crippen molar-refractivity contribution >= 4 is 50.8 Å². The topological polar surface area (TPSA) is 46.1 Å². The van der Waals surface area contributed by atoms with Crippen LogP contribution in [0.3, 0.4) is 0 Å². The molecule has 4 rings (SSSR count). The second kappa shape index (κ2) is 6.59. The van der Waals surface area contributed by atoms with Gasteiger partial charge in [0.15, 0.2) is 0 Å². The smallest absolute Gasteiger partial charge is 0.233 e. The minimum Gasteiger partial charge on any atom is -0.331 e. The zero-order valence-electron chi connectivity index (χ0n) is 13.8. The molecule has 0 saturated carbocycles. The Labute approximate surface area is 159 Å². The van der Waals surface area contributed by atoms with Crippen LogP contribution in [0, 0.1) is 6.92 Å². The van der Waals surface area contributed by atoms with E-state index < -0.39 is 0 Å². The maximum absolute atomic E-state index is 12.7. The van der Waals surface area contributed by atoms with Crippen LogP contribution in [0.15, 0.2) is 35.6 Å². The van der Waals surface area contributed by atoms with Crippen LogP contribution in [-0.4, -0.2) is 26.5 Å². The third-order valence-electron chi connectivity index (χ3n) is 4.58. The number of carbonyl (C=O) groups is 1. The fourth-order valence-corrected chi connectivity index (χ4v) is 5.44. The summed E-state index contributed by atoms with van der Waals surface area (Å²) < 4.78 is 1.69. The molecule has 1 aliphatic rings. The quantitative estimate of drug-likeness (QED) is 0.474. The summed E-state index contributed by atoms with van der Waals surface area (Å²) in [6.45, 7) is 4.72. The molecule has 0 aliphatic carbocycles. The number of aromatic nitrogens is 2. The minimum atomic E-state index is 0.119. The van der Waals surface area contributed by atoms with E-state index in [2.05, 4.69) is 29.0 Å². The summed E-state index contributed by atoms with van der Waals surface area (Å²) in [6.07, 6.45) is 1.54. The van der Waals surface area contributed by atoms with E-state index in [0.29, 0.717) is 12.3 Å². The predicted octanol–water partition coefficient (Wildman–Crippen LogP) is 4.85. The molecule has 3 heterocycles. The fourth-order valence-electron chi connectivity index (χ4n) is 3.17. The third-order valence-corrected chi connectivity index (χ3v) is 7.27. The number of aryl methyl sites for hydroxylation is 1. The van der Waals surface area contributed by atoms with Crippen LogP contribution < -0.4 is 0 Å². The van der Waals surface area contributed by atoms with E-state index >= 15 is 0 Å². The van der Waals surface area contributed by atoms with Gasteiger partial charge in [-0.25, -0.2) is 9.97 Å². The number of rotatable bonds is 3. The molecule has 3 aromatic rings. The minimum absolute atomic E-state index is 0.119. The molecule has 1 atom stereocenters. The van der Waals surface area contributed by atoms with Gasteiger partial charge in [0.25, 0.3) is 0 Å². The van der Waals surface area contributed by atoms with Gasteiger partial charge in [0.05, 0.1) is 26.3 Å². The van der Waals surface area contributed by atoms with Crippen molar-refractivity contribution in [3.63, 3.8) is 0 Å². The van der Waals surface area contributed by atoms with Gasteiger partial charge in [0.1, 0.15) is 11.4 Å². The van der Waals surface area contributed by atoms with E-state index in [1.807, 2.05) is 24.0 Å². The lowest BCUT2D eigenvalue weighted by molar-refractivity contribution is -0.130. The summed E-state index contributed by atoms with van der Waals surface area (Å²) in [5, 5.41) is 0.822. The maximum Gasteiger partial charge on any atom is 0.233 e. The number of fused-ring (bicyclic) bond motifs is 2. The van der Waals surface area contributed by atoms with Crippen LogP contribution in [-0.2, 0) is 11.3 Å². The van der Waals surface area contributed by atoms with Gasteiger partial charge in [0.2, 0.25) is 5.91 Å². The molecular weight excluding hydrogens is 374 g/mol. The molecule has 0 bridgehead atoms. The van der Waals surface area contributed by atoms with Gasteiger partial charge in [-0.15, -0.1) is 11.3 Å². The Morgan fingerprint density at radius 1 is 1.40 bits per heavy atom. The number of nitrogens with zero attached hydrogens (tertiary/aromatic N) is 3. The van der Waals surface area contributed by atoms with Gasteiger partial charge in [0, 0.05) is 12.1 Å². The fraction of sp³-hybridized carbons (Fsp3) is 0.278. The monoisotopic (exact) mass is 389 g/mol. The zero-order valence-corrected chi connectivity index (χ0v) is 16.2. The number of halogens is 1. The number of carbonyl (C=O) groups excluding carboxylic acids is 1. The van der Waals surface area contributed by atoms with E-state index in [0.717, 1.165) is 25.1 Å². The number of benzene rings is 1. The van der Waals surface area contributed by atoms with Crippen molar-refractivity contribution in [2.24, 2.45) is 0 Å². The highest BCUT2D eigenvalue weighted by atomic mass is 35.5. The molecular formula is C18H16ClN3OS2. The first-order valence-corrected chi connectivity index (χ1v) is 10.1. The van der Waals surface area contributed by atoms with Crippen LogP contribution in [0.4, 0.5) is 0 Å². The van der Waals surface area contributed by atoms with Crippen molar-refractivity contribution in [1.82, 2.24) is 14.9 Å². The predicted molar refractivity (Wildman–Crippen MR) is 103 cm³/mol. The van der Waals surface area contributed by atoms with Crippen molar-refractivity contribution < 1.29 is 4.79 Å². The second-order valence-corrected chi connectivity index (χ2v) is 8.63. The van der Waals surface area contributed by atoms with Crippen molar-refractivity contribution in [1.29, 1.82) is 0 Å². The van der Waals surface area contributed by atoms with Crippen LogP contribution in [0.5, 0.6) is 0 Å². The summed E-state index contributed by atoms with van der Waals surface area (Å²) in [7, 11) is 0. The van der Waals surface area contributed by atoms with E-state index in [-0.39, 0.29) is 11.9 Å². The molecule has 1 amide bonds. The first-order chi connectivity index (χ1) is 12.1. The van der Waals surface area contributed by atoms with Crippen molar-refractivity contribution in [2.75, 3.05) is 5.75 Å². The van der Waals surface area contributed by atoms with E-state index in [9.17, 15) is 4.79 Å². The second-order valence-electron chi connectivity index (χ2n) is 6.04. The number of hydrogen-bond donors (Lipinski definition) is 0. The van der Waals surface area contributed by atoms with Crippen molar-refractivity contribution in [3.05, 3.63) is 51.6 Å². The highest BCUT2D eigenvalue weighted by molar-refractivity contribution is 8.00. The molecule has 128 valence electrons. The highest BCUT2D eigenvalue weighted by Gasteiger charge is 2.30. The van der Waals surface area contributed by atoms with E-state index in [4.69, 9.17) is 11.6 Å². The SMILES string of the molecule is Cc1c(Cl)sc2c(SCC(=O)N3Cc4ccccc4C3C)ncnc12. The molecule has 7 heteroatoms. The Morgan fingerprint density at radius 3 is 3.00 bits per heavy atom. The molecule has 1 unspecified atom stereocenters. The molecule has 1 aliphatic heterocycles. The van der Waals surface area contributed by atoms with Crippen molar-refractivity contribution in [2.45, 2.75) is 31.5 Å². The van der Waals surface area contributed by atoms with Gasteiger partial charge in [-0.05, 0) is 25.0 Å². The average Bonchev–Trinajstić information content (AvgIpc) is 3.11. The maximum atomic E-state index is 12.7. The Kier molecular flexibility index (Phi) is 4.43. The molecule has 0 radical (unpaired) electrons. The lowest BCUT2D eigenvalue weighted by atomic mass is 10.1. The lowest BCUT2D eigenvalue weighted by Gasteiger charge is -2.21. The van der Waals surface area contributed by atoms with Crippen LogP contribution >= 0.6 is 34.7 Å². The normalized spacial score (nSPS) is 16.4. The molecule has 0 fully saturated rings. The average molecular weight is 390 g/mol. The highest BCUT2D eigenvalue weighted by Crippen LogP contribution is 2.38. The number of hydrogen-bond acceptors (Lipinski definition) is 5. The third kappa shape index (κ3) is 2.92. The van der Waals surface area contributed by atoms with Crippen LogP contribution in [0.1, 0.15) is 29.7 Å². The van der Waals surface area contributed by atoms with Gasteiger partial charge >= 0.3 is 0 Å². The summed E-state index contributed by atoms with van der Waals surface area (Å²) >= 11 is 9.16. The lowest BCUT2D eigenvalue weighted by Crippen LogP contribution is -2.29. The molecule has 0 spiro atoms.